The number of hydrogen-bond acceptors (Lipinski definition) is 2. The molecule has 0 aliphatic rings. The van der Waals surface area contributed by atoms with Crippen LogP contribution >= 0.6 is 15.9 Å². The molecule has 0 saturated heterocycles. The van der Waals surface area contributed by atoms with E-state index in [1.54, 1.807) is 0 Å². The summed E-state index contributed by atoms with van der Waals surface area (Å²) in [4.78, 5) is 11.1. The van der Waals surface area contributed by atoms with E-state index in [1.165, 1.54) is 19.2 Å². The van der Waals surface area contributed by atoms with Crippen molar-refractivity contribution >= 4 is 21.9 Å². The highest BCUT2D eigenvalue weighted by Gasteiger charge is 2.08. The molecule has 1 rings (SSSR count). The van der Waals surface area contributed by atoms with Crippen molar-refractivity contribution in [2.75, 3.05) is 12.4 Å². The topological polar surface area (TPSA) is 26.3 Å². The number of ether oxygens (including phenoxy) is 1. The van der Waals surface area contributed by atoms with Gasteiger partial charge in [0.25, 0.3) is 0 Å². The highest BCUT2D eigenvalue weighted by atomic mass is 79.9. The average Bonchev–Trinajstić information content (AvgIpc) is 2.30. The van der Waals surface area contributed by atoms with Crippen LogP contribution in [0.1, 0.15) is 22.3 Å². The van der Waals surface area contributed by atoms with E-state index in [0.717, 1.165) is 11.4 Å². The third-order valence-electron chi connectivity index (χ3n) is 1.83. The molecule has 0 aliphatic heterocycles. The molecule has 4 heteroatoms. The van der Waals surface area contributed by atoms with Gasteiger partial charge in [-0.05, 0) is 18.2 Å². The molecule has 1 aromatic carbocycles. The number of alkyl halides is 1. The van der Waals surface area contributed by atoms with Crippen molar-refractivity contribution in [2.45, 2.75) is 6.42 Å². The summed E-state index contributed by atoms with van der Waals surface area (Å²) in [5.74, 6) is 4.43. The minimum absolute atomic E-state index is 0.186. The van der Waals surface area contributed by atoms with Crippen LogP contribution in [0.3, 0.4) is 0 Å². The summed E-state index contributed by atoms with van der Waals surface area (Å²) in [6, 6.07) is 4.10. The predicted octanol–water partition coefficient (Wildman–Crippen LogP) is 2.75. The normalized spacial score (nSPS) is 9.19. The van der Waals surface area contributed by atoms with Crippen LogP contribution in [0.25, 0.3) is 0 Å². The Kier molecular flexibility index (Phi) is 5.00. The molecule has 0 radical (unpaired) electrons. The molecule has 0 amide bonds. The van der Waals surface area contributed by atoms with Crippen LogP contribution in [0.2, 0.25) is 0 Å². The van der Waals surface area contributed by atoms with Crippen LogP contribution < -0.4 is 0 Å². The van der Waals surface area contributed by atoms with Crippen molar-refractivity contribution in [1.29, 1.82) is 0 Å². The number of carbonyl (C=O) groups is 1. The Bertz CT molecular complexity index is 446. The zero-order valence-corrected chi connectivity index (χ0v) is 10.3. The summed E-state index contributed by atoms with van der Waals surface area (Å²) in [6.07, 6.45) is 0.651. The molecule has 0 saturated carbocycles. The largest absolute Gasteiger partial charge is 0.465 e. The second kappa shape index (κ2) is 6.29. The molecule has 16 heavy (non-hydrogen) atoms. The Labute approximate surface area is 102 Å². The van der Waals surface area contributed by atoms with Gasteiger partial charge in [-0.25, -0.2) is 9.18 Å². The van der Waals surface area contributed by atoms with Gasteiger partial charge in [0.2, 0.25) is 0 Å². The van der Waals surface area contributed by atoms with E-state index in [9.17, 15) is 9.18 Å². The molecule has 1 aromatic rings. The molecule has 0 aromatic heterocycles. The third-order valence-corrected chi connectivity index (χ3v) is 2.23. The summed E-state index contributed by atoms with van der Waals surface area (Å²) < 4.78 is 17.9. The molecule has 0 unspecified atom stereocenters. The predicted molar refractivity (Wildman–Crippen MR) is 63.0 cm³/mol. The highest BCUT2D eigenvalue weighted by molar-refractivity contribution is 9.09. The molecular formula is C12H10BrFO2. The molecule has 2 nitrogen and oxygen atoms in total. The van der Waals surface area contributed by atoms with Crippen molar-refractivity contribution in [1.82, 2.24) is 0 Å². The minimum Gasteiger partial charge on any atom is -0.465 e. The van der Waals surface area contributed by atoms with Gasteiger partial charge in [-0.2, -0.15) is 0 Å². The van der Waals surface area contributed by atoms with Crippen molar-refractivity contribution in [2.24, 2.45) is 0 Å². The van der Waals surface area contributed by atoms with Gasteiger partial charge < -0.3 is 4.74 Å². The van der Waals surface area contributed by atoms with Crippen molar-refractivity contribution in [3.8, 4) is 11.8 Å². The fourth-order valence-corrected chi connectivity index (χ4v) is 1.26. The van der Waals surface area contributed by atoms with Crippen molar-refractivity contribution < 1.29 is 13.9 Å². The average molecular weight is 285 g/mol. The Morgan fingerprint density at radius 3 is 2.88 bits per heavy atom. The first kappa shape index (κ1) is 12.7. The van der Waals surface area contributed by atoms with Crippen LogP contribution in [0.5, 0.6) is 0 Å². The maximum Gasteiger partial charge on any atom is 0.337 e. The summed E-state index contributed by atoms with van der Waals surface area (Å²) in [5, 5.41) is 0.752. The van der Waals surface area contributed by atoms with Crippen LogP contribution in [0.4, 0.5) is 4.39 Å². The van der Waals surface area contributed by atoms with Crippen molar-refractivity contribution in [3.63, 3.8) is 0 Å². The van der Waals surface area contributed by atoms with E-state index < -0.39 is 11.8 Å². The van der Waals surface area contributed by atoms with Gasteiger partial charge in [-0.15, -0.1) is 0 Å². The zero-order chi connectivity index (χ0) is 12.0. The number of halogens is 2. The number of esters is 1. The highest BCUT2D eigenvalue weighted by Crippen LogP contribution is 2.10. The first-order chi connectivity index (χ1) is 7.69. The first-order valence-electron chi connectivity index (χ1n) is 4.61. The van der Waals surface area contributed by atoms with Gasteiger partial charge in [-0.1, -0.05) is 27.8 Å². The van der Waals surface area contributed by atoms with Crippen LogP contribution in [0.15, 0.2) is 18.2 Å². The molecule has 84 valence electrons. The Balaban J connectivity index is 2.93. The minimum atomic E-state index is -0.557. The molecule has 0 aliphatic carbocycles. The molecular weight excluding hydrogens is 275 g/mol. The smallest absolute Gasteiger partial charge is 0.337 e. The second-order valence-electron chi connectivity index (χ2n) is 2.93. The summed E-state index contributed by atoms with van der Waals surface area (Å²) in [5.41, 5.74) is 0.472. The van der Waals surface area contributed by atoms with Crippen LogP contribution in [0, 0.1) is 17.7 Å². The Morgan fingerprint density at radius 2 is 2.31 bits per heavy atom. The quantitative estimate of drug-likeness (QED) is 0.474. The van der Waals surface area contributed by atoms with Crippen LogP contribution in [-0.4, -0.2) is 18.4 Å². The van der Waals surface area contributed by atoms with E-state index in [1.807, 2.05) is 0 Å². The molecule has 0 N–H and O–H groups in total. The zero-order valence-electron chi connectivity index (χ0n) is 8.72. The number of rotatable bonds is 2. The van der Waals surface area contributed by atoms with E-state index in [4.69, 9.17) is 0 Å². The number of methoxy groups -OCH3 is 1. The van der Waals surface area contributed by atoms with Gasteiger partial charge in [-0.3, -0.25) is 0 Å². The summed E-state index contributed by atoms with van der Waals surface area (Å²) in [6.45, 7) is 0. The van der Waals surface area contributed by atoms with E-state index in [2.05, 4.69) is 32.5 Å². The lowest BCUT2D eigenvalue weighted by molar-refractivity contribution is 0.0600. The van der Waals surface area contributed by atoms with Gasteiger partial charge in [0.15, 0.2) is 0 Å². The molecule has 0 spiro atoms. The summed E-state index contributed by atoms with van der Waals surface area (Å²) >= 11 is 3.22. The molecule has 0 fully saturated rings. The molecule has 0 heterocycles. The van der Waals surface area contributed by atoms with Gasteiger partial charge in [0, 0.05) is 11.8 Å². The van der Waals surface area contributed by atoms with E-state index >= 15 is 0 Å². The van der Waals surface area contributed by atoms with E-state index in [0.29, 0.717) is 6.42 Å². The number of benzene rings is 1. The second-order valence-corrected chi connectivity index (χ2v) is 3.72. The molecule has 0 atom stereocenters. The van der Waals surface area contributed by atoms with Crippen molar-refractivity contribution in [3.05, 3.63) is 35.1 Å². The van der Waals surface area contributed by atoms with Gasteiger partial charge >= 0.3 is 5.97 Å². The third kappa shape index (κ3) is 3.35. The number of carbonyl (C=O) groups excluding carboxylic acids is 1. The van der Waals surface area contributed by atoms with E-state index in [-0.39, 0.29) is 11.1 Å². The number of hydrogen-bond donors (Lipinski definition) is 0. The lowest BCUT2D eigenvalue weighted by Gasteiger charge is -2.00. The molecule has 0 bridgehead atoms. The maximum atomic E-state index is 13.5. The van der Waals surface area contributed by atoms with Gasteiger partial charge in [0.05, 0.1) is 18.2 Å². The van der Waals surface area contributed by atoms with Crippen LogP contribution in [-0.2, 0) is 4.74 Å². The fourth-order valence-electron chi connectivity index (χ4n) is 1.07. The Morgan fingerprint density at radius 1 is 1.56 bits per heavy atom. The fraction of sp³-hybridized carbons (Fsp3) is 0.250. The van der Waals surface area contributed by atoms with Gasteiger partial charge in [0.1, 0.15) is 5.82 Å². The lowest BCUT2D eigenvalue weighted by Crippen LogP contribution is -2.02. The first-order valence-corrected chi connectivity index (χ1v) is 5.74. The SMILES string of the molecule is COC(=O)c1ccc(C#CCCBr)c(F)c1. The monoisotopic (exact) mass is 284 g/mol. The lowest BCUT2D eigenvalue weighted by atomic mass is 10.1. The standard InChI is InChI=1S/C12H10BrFO2/c1-16-12(15)10-6-5-9(11(14)8-10)4-2-3-7-13/h5-6,8H,3,7H2,1H3. The summed E-state index contributed by atoms with van der Waals surface area (Å²) in [7, 11) is 1.25. The Hall–Kier alpha value is -1.34. The maximum absolute atomic E-state index is 13.5.